The zero-order valence-electron chi connectivity index (χ0n) is 19.7. The maximum absolute atomic E-state index is 13.1. The van der Waals surface area contributed by atoms with Gasteiger partial charge in [0.1, 0.15) is 12.6 Å². The molecule has 4 unspecified atom stereocenters. The number of carboxylic acid groups (broad SMARTS) is 1. The molecule has 2 N–H and O–H groups in total. The summed E-state index contributed by atoms with van der Waals surface area (Å²) in [7, 11) is 0. The predicted octanol–water partition coefficient (Wildman–Crippen LogP) is 4.18. The number of ether oxygens (including phenoxy) is 1. The van der Waals surface area contributed by atoms with Gasteiger partial charge in [-0.1, -0.05) is 67.6 Å². The molecule has 182 valence electrons. The molecule has 0 aromatic heterocycles. The first kappa shape index (κ1) is 23.1. The Hall–Kier alpha value is -3.61. The molecule has 2 aliphatic carbocycles. The van der Waals surface area contributed by atoms with Crippen molar-refractivity contribution >= 4 is 18.0 Å². The summed E-state index contributed by atoms with van der Waals surface area (Å²) in [4.78, 5) is 38.9. The van der Waals surface area contributed by atoms with Crippen LogP contribution in [-0.2, 0) is 14.3 Å². The van der Waals surface area contributed by atoms with E-state index in [1.165, 1.54) is 16.0 Å². The van der Waals surface area contributed by atoms with Crippen LogP contribution >= 0.6 is 0 Å². The van der Waals surface area contributed by atoms with Crippen LogP contribution in [0.15, 0.2) is 60.7 Å². The van der Waals surface area contributed by atoms with Gasteiger partial charge in [-0.25, -0.2) is 9.59 Å². The number of hydrogen-bond donors (Lipinski definition) is 2. The van der Waals surface area contributed by atoms with Crippen molar-refractivity contribution in [2.45, 2.75) is 44.2 Å². The van der Waals surface area contributed by atoms with Crippen LogP contribution in [0.4, 0.5) is 4.79 Å². The molecule has 0 bridgehead atoms. The molecular formula is C28H30N2O5. The normalized spacial score (nSPS) is 25.1. The van der Waals surface area contributed by atoms with E-state index in [1.807, 2.05) is 31.2 Å². The van der Waals surface area contributed by atoms with Gasteiger partial charge in [0, 0.05) is 12.5 Å². The number of fused-ring (bicyclic) bond motifs is 3. The van der Waals surface area contributed by atoms with Gasteiger partial charge in [0.05, 0.1) is 12.0 Å². The van der Waals surface area contributed by atoms with Crippen molar-refractivity contribution in [3.05, 3.63) is 71.8 Å². The molecular weight excluding hydrogens is 444 g/mol. The molecule has 4 atom stereocenters. The second-order valence-corrected chi connectivity index (χ2v) is 9.74. The zero-order valence-corrected chi connectivity index (χ0v) is 19.7. The Bertz CT molecular complexity index is 1130. The Balaban J connectivity index is 1.17. The lowest BCUT2D eigenvalue weighted by atomic mass is 9.89. The maximum atomic E-state index is 13.1. The van der Waals surface area contributed by atoms with Gasteiger partial charge in [0.15, 0.2) is 0 Å². The smallest absolute Gasteiger partial charge is 0.407 e. The first-order chi connectivity index (χ1) is 16.9. The number of piperidine rings is 1. The number of amides is 2. The minimum Gasteiger partial charge on any atom is -0.480 e. The largest absolute Gasteiger partial charge is 0.480 e. The fourth-order valence-corrected chi connectivity index (χ4v) is 5.81. The first-order valence-electron chi connectivity index (χ1n) is 12.3. The summed E-state index contributed by atoms with van der Waals surface area (Å²) in [5, 5.41) is 12.5. The van der Waals surface area contributed by atoms with Crippen LogP contribution in [0.5, 0.6) is 0 Å². The average molecular weight is 475 g/mol. The SMILES string of the molecule is CC1CCCN(C(=O)C2C=CC(NC(=O)OCC3c4ccccc4-c4ccccc43)C2)C1C(=O)O. The molecule has 1 fully saturated rings. The van der Waals surface area contributed by atoms with E-state index in [4.69, 9.17) is 4.74 Å². The second kappa shape index (κ2) is 9.56. The Kier molecular flexibility index (Phi) is 6.32. The van der Waals surface area contributed by atoms with Crippen molar-refractivity contribution in [1.82, 2.24) is 10.2 Å². The number of likely N-dealkylation sites (tertiary alicyclic amines) is 1. The molecule has 2 aromatic rings. The van der Waals surface area contributed by atoms with Gasteiger partial charge in [-0.2, -0.15) is 0 Å². The van der Waals surface area contributed by atoms with E-state index in [9.17, 15) is 19.5 Å². The number of nitrogens with zero attached hydrogens (tertiary/aromatic N) is 1. The van der Waals surface area contributed by atoms with Crippen LogP contribution in [-0.4, -0.2) is 53.2 Å². The number of hydrogen-bond acceptors (Lipinski definition) is 4. The molecule has 1 saturated heterocycles. The Morgan fingerprint density at radius 3 is 2.34 bits per heavy atom. The number of nitrogens with one attached hydrogen (secondary N) is 1. The van der Waals surface area contributed by atoms with E-state index in [0.717, 1.165) is 24.0 Å². The number of benzene rings is 2. The van der Waals surface area contributed by atoms with Crippen molar-refractivity contribution in [3.63, 3.8) is 0 Å². The first-order valence-corrected chi connectivity index (χ1v) is 12.3. The van der Waals surface area contributed by atoms with Crippen molar-refractivity contribution in [1.29, 1.82) is 0 Å². The minimum absolute atomic E-state index is 0.0179. The van der Waals surface area contributed by atoms with Crippen LogP contribution in [0.1, 0.15) is 43.2 Å². The van der Waals surface area contributed by atoms with Gasteiger partial charge in [-0.05, 0) is 47.4 Å². The number of carbonyl (C=O) groups is 3. The maximum Gasteiger partial charge on any atom is 0.407 e. The molecule has 0 radical (unpaired) electrons. The molecule has 3 aliphatic rings. The Morgan fingerprint density at radius 1 is 1.03 bits per heavy atom. The highest BCUT2D eigenvalue weighted by atomic mass is 16.5. The molecule has 2 amide bonds. The number of carboxylic acids is 1. The monoisotopic (exact) mass is 474 g/mol. The molecule has 2 aromatic carbocycles. The van der Waals surface area contributed by atoms with E-state index in [0.29, 0.717) is 13.0 Å². The second-order valence-electron chi connectivity index (χ2n) is 9.74. The number of rotatable bonds is 5. The van der Waals surface area contributed by atoms with Crippen molar-refractivity contribution in [2.24, 2.45) is 11.8 Å². The standard InChI is InChI=1S/C28H30N2O5/c1-17-7-6-14-30(25(17)27(32)33)26(31)18-12-13-19(15-18)29-28(34)35-16-24-22-10-4-2-8-20(22)21-9-3-5-11-23(21)24/h2-5,8-13,17-19,24-25H,6-7,14-16H2,1H3,(H,29,34)(H,32,33). The number of alkyl carbamates (subject to hydrolysis) is 1. The molecule has 35 heavy (non-hydrogen) atoms. The van der Waals surface area contributed by atoms with Gasteiger partial charge in [0.2, 0.25) is 5.91 Å². The molecule has 7 nitrogen and oxygen atoms in total. The Labute approximate surface area is 204 Å². The van der Waals surface area contributed by atoms with E-state index in [2.05, 4.69) is 29.6 Å². The van der Waals surface area contributed by atoms with Gasteiger partial charge < -0.3 is 20.1 Å². The van der Waals surface area contributed by atoms with E-state index in [1.54, 1.807) is 12.2 Å². The van der Waals surface area contributed by atoms with Crippen molar-refractivity contribution in [3.8, 4) is 11.1 Å². The summed E-state index contributed by atoms with van der Waals surface area (Å²) in [5.41, 5.74) is 4.64. The highest BCUT2D eigenvalue weighted by Gasteiger charge is 2.40. The van der Waals surface area contributed by atoms with Crippen LogP contribution < -0.4 is 5.32 Å². The third-order valence-corrected chi connectivity index (χ3v) is 7.52. The summed E-state index contributed by atoms with van der Waals surface area (Å²) in [5.74, 6) is -1.68. The number of aliphatic carboxylic acids is 1. The van der Waals surface area contributed by atoms with Crippen LogP contribution in [0.25, 0.3) is 11.1 Å². The third-order valence-electron chi connectivity index (χ3n) is 7.52. The van der Waals surface area contributed by atoms with Crippen molar-refractivity contribution in [2.75, 3.05) is 13.2 Å². The fraction of sp³-hybridized carbons (Fsp3) is 0.393. The summed E-state index contributed by atoms with van der Waals surface area (Å²) < 4.78 is 5.62. The zero-order chi connectivity index (χ0) is 24.5. The van der Waals surface area contributed by atoms with Gasteiger partial charge >= 0.3 is 12.1 Å². The lowest BCUT2D eigenvalue weighted by molar-refractivity contribution is -0.155. The summed E-state index contributed by atoms with van der Waals surface area (Å²) in [6.07, 6.45) is 5.05. The lowest BCUT2D eigenvalue weighted by Gasteiger charge is -2.38. The average Bonchev–Trinajstić information content (AvgIpc) is 3.44. The lowest BCUT2D eigenvalue weighted by Crippen LogP contribution is -2.53. The van der Waals surface area contributed by atoms with E-state index < -0.39 is 24.0 Å². The quantitative estimate of drug-likeness (QED) is 0.634. The number of carbonyl (C=O) groups excluding carboxylic acids is 2. The Morgan fingerprint density at radius 2 is 1.69 bits per heavy atom. The molecule has 7 heteroatoms. The van der Waals surface area contributed by atoms with Gasteiger partial charge in [-0.15, -0.1) is 0 Å². The van der Waals surface area contributed by atoms with Crippen LogP contribution in [0.3, 0.4) is 0 Å². The van der Waals surface area contributed by atoms with Gasteiger partial charge in [-0.3, -0.25) is 4.79 Å². The summed E-state index contributed by atoms with van der Waals surface area (Å²) in [6.45, 7) is 2.56. The van der Waals surface area contributed by atoms with Crippen LogP contribution in [0.2, 0.25) is 0 Å². The topological polar surface area (TPSA) is 95.9 Å². The summed E-state index contributed by atoms with van der Waals surface area (Å²) in [6, 6.07) is 15.2. The third kappa shape index (κ3) is 4.43. The summed E-state index contributed by atoms with van der Waals surface area (Å²) >= 11 is 0. The molecule has 5 rings (SSSR count). The highest BCUT2D eigenvalue weighted by Crippen LogP contribution is 2.44. The van der Waals surface area contributed by atoms with Crippen molar-refractivity contribution < 1.29 is 24.2 Å². The fourth-order valence-electron chi connectivity index (χ4n) is 5.81. The van der Waals surface area contributed by atoms with Crippen LogP contribution in [0, 0.1) is 11.8 Å². The predicted molar refractivity (Wildman–Crippen MR) is 131 cm³/mol. The minimum atomic E-state index is -0.958. The highest BCUT2D eigenvalue weighted by molar-refractivity contribution is 5.87. The molecule has 0 spiro atoms. The van der Waals surface area contributed by atoms with E-state index >= 15 is 0 Å². The van der Waals surface area contributed by atoms with E-state index in [-0.39, 0.29) is 30.4 Å². The molecule has 1 heterocycles. The van der Waals surface area contributed by atoms with Gasteiger partial charge in [0.25, 0.3) is 0 Å². The molecule has 0 saturated carbocycles. The molecule has 1 aliphatic heterocycles.